The highest BCUT2D eigenvalue weighted by atomic mass is 16.5. The minimum absolute atomic E-state index is 0.404. The first kappa shape index (κ1) is 14.6. The summed E-state index contributed by atoms with van der Waals surface area (Å²) in [6.45, 7) is 4.11. The van der Waals surface area contributed by atoms with E-state index in [4.69, 9.17) is 4.74 Å². The summed E-state index contributed by atoms with van der Waals surface area (Å²) in [5.41, 5.74) is 4.61. The van der Waals surface area contributed by atoms with Gasteiger partial charge in [0.1, 0.15) is 5.75 Å². The Hall–Kier alpha value is -1.80. The summed E-state index contributed by atoms with van der Waals surface area (Å²) in [5, 5.41) is 10.4. The molecule has 0 radical (unpaired) electrons. The lowest BCUT2D eigenvalue weighted by molar-refractivity contribution is 0.166. The van der Waals surface area contributed by atoms with Crippen molar-refractivity contribution >= 4 is 0 Å². The molecule has 0 fully saturated rings. The zero-order chi connectivity index (χ0) is 14.5. The van der Waals surface area contributed by atoms with Crippen LogP contribution in [-0.4, -0.2) is 12.2 Å². The molecule has 20 heavy (non-hydrogen) atoms. The molecule has 2 rings (SSSR count). The average Bonchev–Trinajstić information content (AvgIpc) is 2.45. The number of hydrogen-bond acceptors (Lipinski definition) is 2. The van der Waals surface area contributed by atoms with E-state index in [-0.39, 0.29) is 0 Å². The van der Waals surface area contributed by atoms with E-state index in [9.17, 15) is 5.11 Å². The second-order valence-electron chi connectivity index (χ2n) is 5.21. The second kappa shape index (κ2) is 6.58. The Kier molecular flexibility index (Phi) is 4.80. The normalized spacial score (nSPS) is 12.2. The first-order valence-electron chi connectivity index (χ1n) is 6.99. The van der Waals surface area contributed by atoms with Crippen LogP contribution < -0.4 is 4.74 Å². The van der Waals surface area contributed by atoms with Gasteiger partial charge in [0, 0.05) is 0 Å². The molecule has 0 aliphatic rings. The van der Waals surface area contributed by atoms with E-state index in [1.54, 1.807) is 7.11 Å². The first-order valence-corrected chi connectivity index (χ1v) is 6.99. The maximum Gasteiger partial charge on any atom is 0.118 e. The molecule has 0 saturated carbocycles. The third-order valence-electron chi connectivity index (χ3n) is 3.74. The van der Waals surface area contributed by atoms with E-state index in [0.717, 1.165) is 35.3 Å². The Labute approximate surface area is 121 Å². The Balaban J connectivity index is 2.02. The molecule has 0 amide bonds. The molecule has 0 bridgehead atoms. The molecule has 2 aromatic carbocycles. The van der Waals surface area contributed by atoms with E-state index < -0.39 is 6.10 Å². The summed E-state index contributed by atoms with van der Waals surface area (Å²) < 4.78 is 5.15. The minimum Gasteiger partial charge on any atom is -0.497 e. The molecule has 2 heteroatoms. The van der Waals surface area contributed by atoms with Gasteiger partial charge < -0.3 is 9.84 Å². The molecular formula is C18H22O2. The number of aryl methyl sites for hydroxylation is 3. The van der Waals surface area contributed by atoms with Crippen molar-refractivity contribution in [3.05, 3.63) is 64.7 Å². The van der Waals surface area contributed by atoms with Crippen molar-refractivity contribution in [3.8, 4) is 5.75 Å². The lowest BCUT2D eigenvalue weighted by Gasteiger charge is -2.16. The summed E-state index contributed by atoms with van der Waals surface area (Å²) in [6.07, 6.45) is 1.19. The number of benzene rings is 2. The lowest BCUT2D eigenvalue weighted by Crippen LogP contribution is -2.04. The Bertz CT molecular complexity index is 538. The van der Waals surface area contributed by atoms with E-state index in [1.807, 2.05) is 18.2 Å². The molecule has 2 nitrogen and oxygen atoms in total. The first-order chi connectivity index (χ1) is 9.61. The van der Waals surface area contributed by atoms with Crippen LogP contribution in [0.2, 0.25) is 0 Å². The molecule has 0 heterocycles. The zero-order valence-electron chi connectivity index (χ0n) is 12.4. The van der Waals surface area contributed by atoms with Gasteiger partial charge in [-0.1, -0.05) is 30.3 Å². The van der Waals surface area contributed by atoms with Crippen LogP contribution in [0.3, 0.4) is 0 Å². The van der Waals surface area contributed by atoms with Crippen LogP contribution in [0.15, 0.2) is 42.5 Å². The van der Waals surface area contributed by atoms with Crippen molar-refractivity contribution in [2.75, 3.05) is 7.11 Å². The lowest BCUT2D eigenvalue weighted by atomic mass is 9.94. The van der Waals surface area contributed by atoms with Crippen molar-refractivity contribution in [1.29, 1.82) is 0 Å². The molecule has 1 N–H and O–H groups in total. The van der Waals surface area contributed by atoms with Gasteiger partial charge in [-0.3, -0.25) is 0 Å². The van der Waals surface area contributed by atoms with Gasteiger partial charge in [-0.25, -0.2) is 0 Å². The predicted octanol–water partition coefficient (Wildman–Crippen LogP) is 3.98. The van der Waals surface area contributed by atoms with Crippen molar-refractivity contribution in [3.63, 3.8) is 0 Å². The van der Waals surface area contributed by atoms with Crippen molar-refractivity contribution < 1.29 is 9.84 Å². The van der Waals surface area contributed by atoms with Gasteiger partial charge in [0.2, 0.25) is 0 Å². The molecule has 1 unspecified atom stereocenters. The van der Waals surface area contributed by atoms with Crippen LogP contribution in [0.25, 0.3) is 0 Å². The van der Waals surface area contributed by atoms with Crippen LogP contribution in [0.1, 0.15) is 34.8 Å². The van der Waals surface area contributed by atoms with Crippen molar-refractivity contribution in [2.45, 2.75) is 32.8 Å². The number of aliphatic hydroxyl groups excluding tert-OH is 1. The quantitative estimate of drug-likeness (QED) is 0.890. The van der Waals surface area contributed by atoms with Crippen LogP contribution in [0, 0.1) is 13.8 Å². The van der Waals surface area contributed by atoms with Crippen molar-refractivity contribution in [1.82, 2.24) is 0 Å². The summed E-state index contributed by atoms with van der Waals surface area (Å²) in [4.78, 5) is 0. The number of hydrogen-bond donors (Lipinski definition) is 1. The average molecular weight is 270 g/mol. The molecular weight excluding hydrogens is 248 g/mol. The third-order valence-corrected chi connectivity index (χ3v) is 3.74. The van der Waals surface area contributed by atoms with Crippen molar-refractivity contribution in [2.24, 2.45) is 0 Å². The van der Waals surface area contributed by atoms with Gasteiger partial charge in [0.15, 0.2) is 0 Å². The van der Waals surface area contributed by atoms with E-state index in [0.29, 0.717) is 0 Å². The molecule has 0 aliphatic heterocycles. The van der Waals surface area contributed by atoms with Crippen LogP contribution >= 0.6 is 0 Å². The number of methoxy groups -OCH3 is 1. The van der Waals surface area contributed by atoms with Gasteiger partial charge in [-0.2, -0.15) is 0 Å². The van der Waals surface area contributed by atoms with Crippen LogP contribution in [0.5, 0.6) is 5.75 Å². The SMILES string of the molecule is COc1ccc(CCC(O)c2c(C)cccc2C)cc1. The molecule has 1 atom stereocenters. The molecule has 0 aliphatic carbocycles. The summed E-state index contributed by atoms with van der Waals surface area (Å²) in [7, 11) is 1.67. The van der Waals surface area contributed by atoms with Gasteiger partial charge >= 0.3 is 0 Å². The summed E-state index contributed by atoms with van der Waals surface area (Å²) in [6, 6.07) is 14.2. The highest BCUT2D eigenvalue weighted by Gasteiger charge is 2.12. The third kappa shape index (κ3) is 3.40. The number of rotatable bonds is 5. The maximum absolute atomic E-state index is 10.4. The molecule has 2 aromatic rings. The van der Waals surface area contributed by atoms with Gasteiger partial charge in [-0.05, 0) is 61.1 Å². The van der Waals surface area contributed by atoms with E-state index in [1.165, 1.54) is 5.56 Å². The van der Waals surface area contributed by atoms with E-state index >= 15 is 0 Å². The topological polar surface area (TPSA) is 29.5 Å². The fourth-order valence-corrected chi connectivity index (χ4v) is 2.59. The smallest absolute Gasteiger partial charge is 0.118 e. The highest BCUT2D eigenvalue weighted by molar-refractivity contribution is 5.35. The zero-order valence-corrected chi connectivity index (χ0v) is 12.4. The van der Waals surface area contributed by atoms with Crippen LogP contribution in [-0.2, 0) is 6.42 Å². The summed E-state index contributed by atoms with van der Waals surface area (Å²) >= 11 is 0. The standard InChI is InChI=1S/C18H22O2/c1-13-5-4-6-14(2)18(13)17(19)12-9-15-7-10-16(20-3)11-8-15/h4-8,10-11,17,19H,9,12H2,1-3H3. The predicted molar refractivity (Wildman–Crippen MR) is 82.2 cm³/mol. The Morgan fingerprint density at radius 1 is 1.00 bits per heavy atom. The monoisotopic (exact) mass is 270 g/mol. The Morgan fingerprint density at radius 3 is 2.15 bits per heavy atom. The minimum atomic E-state index is -0.404. The van der Waals surface area contributed by atoms with Gasteiger partial charge in [0.25, 0.3) is 0 Å². The fraction of sp³-hybridized carbons (Fsp3) is 0.333. The number of ether oxygens (including phenoxy) is 1. The fourth-order valence-electron chi connectivity index (χ4n) is 2.59. The van der Waals surface area contributed by atoms with Crippen LogP contribution in [0.4, 0.5) is 0 Å². The Morgan fingerprint density at radius 2 is 1.60 bits per heavy atom. The molecule has 106 valence electrons. The number of aliphatic hydroxyl groups is 1. The molecule has 0 aromatic heterocycles. The van der Waals surface area contributed by atoms with Gasteiger partial charge in [-0.15, -0.1) is 0 Å². The molecule has 0 saturated heterocycles. The maximum atomic E-state index is 10.4. The highest BCUT2D eigenvalue weighted by Crippen LogP contribution is 2.25. The largest absolute Gasteiger partial charge is 0.497 e. The second-order valence-corrected chi connectivity index (χ2v) is 5.21. The van der Waals surface area contributed by atoms with E-state index in [2.05, 4.69) is 38.1 Å². The molecule has 0 spiro atoms. The van der Waals surface area contributed by atoms with Gasteiger partial charge in [0.05, 0.1) is 13.2 Å². The summed E-state index contributed by atoms with van der Waals surface area (Å²) in [5.74, 6) is 0.865.